The van der Waals surface area contributed by atoms with Gasteiger partial charge >= 0.3 is 0 Å². The molecule has 0 saturated carbocycles. The molecule has 0 aromatic heterocycles. The number of halogens is 1. The molecule has 0 aliphatic rings. The predicted octanol–water partition coefficient (Wildman–Crippen LogP) is 3.60. The zero-order valence-electron chi connectivity index (χ0n) is 8.89. The van der Waals surface area contributed by atoms with Gasteiger partial charge in [0.05, 0.1) is 12.8 Å². The maximum absolute atomic E-state index is 5.73. The molecule has 1 aromatic carbocycles. The van der Waals surface area contributed by atoms with E-state index in [0.717, 1.165) is 22.6 Å². The van der Waals surface area contributed by atoms with Crippen LogP contribution in [0.25, 0.3) is 0 Å². The summed E-state index contributed by atoms with van der Waals surface area (Å²) in [4.78, 5) is 4.22. The Bertz CT molecular complexity index is 368. The summed E-state index contributed by atoms with van der Waals surface area (Å²) >= 11 is 5.73. The first-order valence-corrected chi connectivity index (χ1v) is 4.79. The van der Waals surface area contributed by atoms with Gasteiger partial charge in [0.2, 0.25) is 0 Å². The van der Waals surface area contributed by atoms with Crippen LogP contribution < -0.4 is 4.74 Å². The fraction of sp³-hybridized carbons (Fsp3) is 0.364. The van der Waals surface area contributed by atoms with Crippen LogP contribution in [0.15, 0.2) is 17.1 Å². The van der Waals surface area contributed by atoms with Crippen LogP contribution in [0.2, 0.25) is 0 Å². The molecule has 0 atom stereocenters. The molecule has 14 heavy (non-hydrogen) atoms. The summed E-state index contributed by atoms with van der Waals surface area (Å²) in [6.07, 6.45) is 0. The fourth-order valence-corrected chi connectivity index (χ4v) is 1.38. The molecule has 0 unspecified atom stereocenters. The number of rotatable bonds is 2. The first-order chi connectivity index (χ1) is 6.56. The Kier molecular flexibility index (Phi) is 3.53. The highest BCUT2D eigenvalue weighted by atomic mass is 35.5. The largest absolute Gasteiger partial charge is 0.496 e. The van der Waals surface area contributed by atoms with Gasteiger partial charge in [0.25, 0.3) is 0 Å². The lowest BCUT2D eigenvalue weighted by Gasteiger charge is -2.09. The van der Waals surface area contributed by atoms with Crippen molar-refractivity contribution in [3.05, 3.63) is 23.3 Å². The van der Waals surface area contributed by atoms with Gasteiger partial charge in [-0.1, -0.05) is 11.6 Å². The van der Waals surface area contributed by atoms with E-state index in [9.17, 15) is 0 Å². The molecule has 0 N–H and O–H groups in total. The molecule has 0 aliphatic heterocycles. The van der Waals surface area contributed by atoms with E-state index in [2.05, 4.69) is 4.99 Å². The highest BCUT2D eigenvalue weighted by Gasteiger charge is 2.05. The number of methoxy groups -OCH3 is 1. The summed E-state index contributed by atoms with van der Waals surface area (Å²) in [5, 5.41) is 0.540. The minimum Gasteiger partial charge on any atom is -0.496 e. The van der Waals surface area contributed by atoms with Crippen molar-refractivity contribution in [1.29, 1.82) is 0 Å². The third-order valence-corrected chi connectivity index (χ3v) is 2.29. The van der Waals surface area contributed by atoms with Gasteiger partial charge in [-0.05, 0) is 44.0 Å². The molecular weight excluding hydrogens is 198 g/mol. The SMILES string of the molecule is COc1ccc(N=C(C)Cl)c(C)c1C. The Morgan fingerprint density at radius 3 is 2.43 bits per heavy atom. The van der Waals surface area contributed by atoms with Gasteiger partial charge in [0.1, 0.15) is 10.9 Å². The number of ether oxygens (including phenoxy) is 1. The fourth-order valence-electron chi connectivity index (χ4n) is 1.29. The Hall–Kier alpha value is -1.02. The molecule has 1 aromatic rings. The van der Waals surface area contributed by atoms with Gasteiger partial charge in [-0.15, -0.1) is 0 Å². The average molecular weight is 212 g/mol. The van der Waals surface area contributed by atoms with Gasteiger partial charge < -0.3 is 4.74 Å². The minimum atomic E-state index is 0.540. The molecule has 1 rings (SSSR count). The third-order valence-electron chi connectivity index (χ3n) is 2.20. The van der Waals surface area contributed by atoms with Crippen molar-refractivity contribution in [1.82, 2.24) is 0 Å². The number of benzene rings is 1. The highest BCUT2D eigenvalue weighted by Crippen LogP contribution is 2.29. The summed E-state index contributed by atoms with van der Waals surface area (Å²) in [5.41, 5.74) is 3.10. The number of hydrogen-bond donors (Lipinski definition) is 0. The molecule has 0 spiro atoms. The number of aliphatic imine (C=N–C) groups is 1. The minimum absolute atomic E-state index is 0.540. The van der Waals surface area contributed by atoms with E-state index in [1.165, 1.54) is 0 Å². The summed E-state index contributed by atoms with van der Waals surface area (Å²) < 4.78 is 5.20. The summed E-state index contributed by atoms with van der Waals surface area (Å²) in [6, 6.07) is 3.81. The van der Waals surface area contributed by atoms with E-state index in [1.807, 2.05) is 26.0 Å². The zero-order chi connectivity index (χ0) is 10.7. The quantitative estimate of drug-likeness (QED) is 0.685. The molecule has 0 bridgehead atoms. The van der Waals surface area contributed by atoms with Crippen molar-refractivity contribution in [3.8, 4) is 5.75 Å². The van der Waals surface area contributed by atoms with Crippen molar-refractivity contribution >= 4 is 22.5 Å². The molecule has 0 fully saturated rings. The second kappa shape index (κ2) is 4.47. The molecule has 3 heteroatoms. The topological polar surface area (TPSA) is 21.6 Å². The van der Waals surface area contributed by atoms with Crippen molar-refractivity contribution in [3.63, 3.8) is 0 Å². The van der Waals surface area contributed by atoms with Crippen LogP contribution in [0, 0.1) is 13.8 Å². The third kappa shape index (κ3) is 2.26. The molecule has 0 saturated heterocycles. The van der Waals surface area contributed by atoms with Crippen LogP contribution in [0.4, 0.5) is 5.69 Å². The molecule has 0 heterocycles. The second-order valence-electron chi connectivity index (χ2n) is 3.15. The molecule has 76 valence electrons. The maximum atomic E-state index is 5.73. The Morgan fingerprint density at radius 2 is 1.93 bits per heavy atom. The number of nitrogens with zero attached hydrogens (tertiary/aromatic N) is 1. The van der Waals surface area contributed by atoms with E-state index in [1.54, 1.807) is 14.0 Å². The maximum Gasteiger partial charge on any atom is 0.122 e. The van der Waals surface area contributed by atoms with Crippen LogP contribution in [-0.2, 0) is 0 Å². The molecule has 0 amide bonds. The zero-order valence-corrected chi connectivity index (χ0v) is 9.64. The standard InChI is InChI=1S/C11H14ClNO/c1-7-8(2)11(14-4)6-5-10(7)13-9(3)12/h5-6H,1-4H3. The Labute approximate surface area is 89.6 Å². The predicted molar refractivity (Wildman–Crippen MR) is 61.1 cm³/mol. The van der Waals surface area contributed by atoms with Crippen LogP contribution in [0.3, 0.4) is 0 Å². The smallest absolute Gasteiger partial charge is 0.122 e. The van der Waals surface area contributed by atoms with Gasteiger partial charge in [0, 0.05) is 0 Å². The molecule has 0 radical (unpaired) electrons. The van der Waals surface area contributed by atoms with E-state index < -0.39 is 0 Å². The van der Waals surface area contributed by atoms with Crippen molar-refractivity contribution in [2.45, 2.75) is 20.8 Å². The Balaban J connectivity index is 3.24. The van der Waals surface area contributed by atoms with Gasteiger partial charge in [-0.2, -0.15) is 0 Å². The van der Waals surface area contributed by atoms with E-state index in [-0.39, 0.29) is 0 Å². The molecule has 0 aliphatic carbocycles. The monoisotopic (exact) mass is 211 g/mol. The number of hydrogen-bond acceptors (Lipinski definition) is 2. The van der Waals surface area contributed by atoms with Crippen molar-refractivity contribution < 1.29 is 4.74 Å². The summed E-state index contributed by atoms with van der Waals surface area (Å²) in [7, 11) is 1.66. The second-order valence-corrected chi connectivity index (χ2v) is 3.69. The van der Waals surface area contributed by atoms with Crippen LogP contribution in [0.1, 0.15) is 18.1 Å². The highest BCUT2D eigenvalue weighted by molar-refractivity contribution is 6.65. The lowest BCUT2D eigenvalue weighted by atomic mass is 10.1. The average Bonchev–Trinajstić information content (AvgIpc) is 2.13. The lowest BCUT2D eigenvalue weighted by Crippen LogP contribution is -1.90. The van der Waals surface area contributed by atoms with Crippen molar-refractivity contribution in [2.24, 2.45) is 4.99 Å². The normalized spacial score (nSPS) is 11.6. The van der Waals surface area contributed by atoms with E-state index in [0.29, 0.717) is 5.17 Å². The lowest BCUT2D eigenvalue weighted by molar-refractivity contribution is 0.411. The summed E-state index contributed by atoms with van der Waals surface area (Å²) in [5.74, 6) is 0.883. The van der Waals surface area contributed by atoms with Crippen LogP contribution in [0.5, 0.6) is 5.75 Å². The van der Waals surface area contributed by atoms with Gasteiger partial charge in [-0.3, -0.25) is 0 Å². The molecular formula is C11H14ClNO. The van der Waals surface area contributed by atoms with Gasteiger partial charge in [0.15, 0.2) is 0 Å². The first kappa shape index (κ1) is 11.1. The molecule has 2 nitrogen and oxygen atoms in total. The van der Waals surface area contributed by atoms with Gasteiger partial charge in [-0.25, -0.2) is 4.99 Å². The van der Waals surface area contributed by atoms with Crippen LogP contribution >= 0.6 is 11.6 Å². The van der Waals surface area contributed by atoms with E-state index >= 15 is 0 Å². The first-order valence-electron chi connectivity index (χ1n) is 4.41. The van der Waals surface area contributed by atoms with Crippen molar-refractivity contribution in [2.75, 3.05) is 7.11 Å². The summed E-state index contributed by atoms with van der Waals surface area (Å²) in [6.45, 7) is 5.79. The Morgan fingerprint density at radius 1 is 1.29 bits per heavy atom. The van der Waals surface area contributed by atoms with E-state index in [4.69, 9.17) is 16.3 Å². The van der Waals surface area contributed by atoms with Crippen LogP contribution in [-0.4, -0.2) is 12.3 Å².